The maximum absolute atomic E-state index is 12.8. The molecule has 0 aromatic heterocycles. The fraction of sp³-hybridized carbons (Fsp3) is 0.316. The Morgan fingerprint density at radius 3 is 2.31 bits per heavy atom. The summed E-state index contributed by atoms with van der Waals surface area (Å²) in [6.45, 7) is -0.313. The van der Waals surface area contributed by atoms with Crippen LogP contribution < -0.4 is 4.72 Å². The molecule has 2 aromatic carbocycles. The van der Waals surface area contributed by atoms with Crippen molar-refractivity contribution in [2.45, 2.75) is 29.8 Å². The second-order valence-electron chi connectivity index (χ2n) is 6.32. The molecule has 0 radical (unpaired) electrons. The van der Waals surface area contributed by atoms with Crippen LogP contribution in [0.3, 0.4) is 0 Å². The van der Waals surface area contributed by atoms with Gasteiger partial charge in [0, 0.05) is 13.2 Å². The first-order valence-electron chi connectivity index (χ1n) is 8.64. The quantitative estimate of drug-likeness (QED) is 0.567. The van der Waals surface area contributed by atoms with Gasteiger partial charge in [-0.25, -0.2) is 13.1 Å². The summed E-state index contributed by atoms with van der Waals surface area (Å²) in [5.41, 5.74) is 0.181. The number of alkyl halides is 3. The van der Waals surface area contributed by atoms with E-state index in [2.05, 4.69) is 4.72 Å². The Morgan fingerprint density at radius 2 is 1.76 bits per heavy atom. The van der Waals surface area contributed by atoms with Crippen molar-refractivity contribution in [3.05, 3.63) is 65.2 Å². The van der Waals surface area contributed by atoms with E-state index in [0.717, 1.165) is 18.2 Å². The first-order valence-corrected chi connectivity index (χ1v) is 10.1. The van der Waals surface area contributed by atoms with Gasteiger partial charge in [-0.3, -0.25) is 4.79 Å². The van der Waals surface area contributed by atoms with Gasteiger partial charge in [-0.2, -0.15) is 13.2 Å². The minimum absolute atomic E-state index is 0.0447. The smallest absolute Gasteiger partial charge is 0.416 e. The van der Waals surface area contributed by atoms with Crippen LogP contribution in [-0.2, 0) is 27.4 Å². The van der Waals surface area contributed by atoms with Crippen LogP contribution in [0.15, 0.2) is 53.4 Å². The number of hydrogen-bond donors (Lipinski definition) is 3. The van der Waals surface area contributed by atoms with Crippen LogP contribution in [0.1, 0.15) is 29.0 Å². The lowest BCUT2D eigenvalue weighted by Gasteiger charge is -2.12. The number of benzene rings is 2. The number of aliphatic hydroxyl groups excluding tert-OH is 1. The maximum atomic E-state index is 12.8. The lowest BCUT2D eigenvalue weighted by Crippen LogP contribution is -2.26. The van der Waals surface area contributed by atoms with Crippen LogP contribution in [0.5, 0.6) is 0 Å². The number of sulfonamides is 1. The second kappa shape index (κ2) is 9.38. The Labute approximate surface area is 166 Å². The molecular weight excluding hydrogens is 411 g/mol. The summed E-state index contributed by atoms with van der Waals surface area (Å²) < 4.78 is 65.0. The molecular formula is C19H20F3NO5S. The van der Waals surface area contributed by atoms with Gasteiger partial charge in [-0.1, -0.05) is 30.3 Å². The SMILES string of the molecule is O=C(O)C(CCO)c1ccc(CCNS(=O)(=O)c2cccc(C(F)(F)F)c2)cc1. The molecule has 0 aliphatic carbocycles. The predicted octanol–water partition coefficient (Wildman–Crippen LogP) is 2.78. The van der Waals surface area contributed by atoms with Crippen LogP contribution >= 0.6 is 0 Å². The fourth-order valence-electron chi connectivity index (χ4n) is 2.73. The summed E-state index contributed by atoms with van der Waals surface area (Å²) in [6, 6.07) is 9.94. The molecule has 0 fully saturated rings. The van der Waals surface area contributed by atoms with Gasteiger partial charge < -0.3 is 10.2 Å². The molecule has 0 bridgehead atoms. The molecule has 6 nitrogen and oxygen atoms in total. The minimum Gasteiger partial charge on any atom is -0.481 e. The molecule has 1 atom stereocenters. The topological polar surface area (TPSA) is 104 Å². The Hall–Kier alpha value is -2.43. The summed E-state index contributed by atoms with van der Waals surface area (Å²) in [7, 11) is -4.11. The molecule has 29 heavy (non-hydrogen) atoms. The molecule has 2 rings (SSSR count). The van der Waals surface area contributed by atoms with E-state index in [-0.39, 0.29) is 26.0 Å². The van der Waals surface area contributed by atoms with E-state index in [0.29, 0.717) is 17.2 Å². The molecule has 0 aliphatic rings. The number of carbonyl (C=O) groups is 1. The molecule has 0 spiro atoms. The number of nitrogens with one attached hydrogen (secondary N) is 1. The van der Waals surface area contributed by atoms with E-state index in [9.17, 15) is 31.5 Å². The average Bonchev–Trinajstić information content (AvgIpc) is 2.66. The van der Waals surface area contributed by atoms with E-state index < -0.39 is 38.5 Å². The van der Waals surface area contributed by atoms with E-state index >= 15 is 0 Å². The number of aliphatic carboxylic acids is 1. The zero-order valence-electron chi connectivity index (χ0n) is 15.2. The number of carboxylic acids is 1. The van der Waals surface area contributed by atoms with Crippen molar-refractivity contribution >= 4 is 16.0 Å². The van der Waals surface area contributed by atoms with Gasteiger partial charge in [-0.05, 0) is 42.2 Å². The highest BCUT2D eigenvalue weighted by Crippen LogP contribution is 2.30. The molecule has 3 N–H and O–H groups in total. The standard InChI is InChI=1S/C19H20F3NO5S/c20-19(21,22)15-2-1-3-16(12-15)29(27,28)23-10-8-13-4-6-14(7-5-13)17(9-11-24)18(25)26/h1-7,12,17,23-24H,8-11H2,(H,25,26). The van der Waals surface area contributed by atoms with Crippen molar-refractivity contribution in [1.82, 2.24) is 4.72 Å². The molecule has 0 saturated carbocycles. The lowest BCUT2D eigenvalue weighted by atomic mass is 9.95. The molecule has 10 heteroatoms. The third-order valence-corrected chi connectivity index (χ3v) is 5.73. The van der Waals surface area contributed by atoms with E-state index in [4.69, 9.17) is 5.11 Å². The summed E-state index contributed by atoms with van der Waals surface area (Å²) in [6.07, 6.45) is -4.31. The van der Waals surface area contributed by atoms with Crippen molar-refractivity contribution < 1.29 is 36.6 Å². The highest BCUT2D eigenvalue weighted by atomic mass is 32.2. The van der Waals surface area contributed by atoms with Crippen molar-refractivity contribution in [3.8, 4) is 0 Å². The van der Waals surface area contributed by atoms with Gasteiger partial charge in [0.1, 0.15) is 0 Å². The second-order valence-corrected chi connectivity index (χ2v) is 8.09. The van der Waals surface area contributed by atoms with Gasteiger partial charge in [0.15, 0.2) is 0 Å². The zero-order valence-corrected chi connectivity index (χ0v) is 16.0. The number of carboxylic acid groups (broad SMARTS) is 1. The van der Waals surface area contributed by atoms with Crippen molar-refractivity contribution in [3.63, 3.8) is 0 Å². The number of halogens is 3. The molecule has 158 valence electrons. The van der Waals surface area contributed by atoms with Crippen LogP contribution in [0, 0.1) is 0 Å². The average molecular weight is 431 g/mol. The minimum atomic E-state index is -4.64. The van der Waals surface area contributed by atoms with Crippen molar-refractivity contribution in [1.29, 1.82) is 0 Å². The summed E-state index contributed by atoms with van der Waals surface area (Å²) in [5.74, 6) is -1.89. The van der Waals surface area contributed by atoms with E-state index in [1.54, 1.807) is 24.3 Å². The largest absolute Gasteiger partial charge is 0.481 e. The Balaban J connectivity index is 2.01. The molecule has 2 aromatic rings. The van der Waals surface area contributed by atoms with E-state index in [1.807, 2.05) is 0 Å². The summed E-state index contributed by atoms with van der Waals surface area (Å²) in [5, 5.41) is 18.1. The van der Waals surface area contributed by atoms with Gasteiger partial charge in [0.2, 0.25) is 10.0 Å². The van der Waals surface area contributed by atoms with Gasteiger partial charge in [0.25, 0.3) is 0 Å². The maximum Gasteiger partial charge on any atom is 0.416 e. The normalized spacial score (nSPS) is 13.2. The van der Waals surface area contributed by atoms with Crippen molar-refractivity contribution in [2.75, 3.05) is 13.2 Å². The molecule has 0 saturated heterocycles. The Bertz CT molecular complexity index is 943. The summed E-state index contributed by atoms with van der Waals surface area (Å²) in [4.78, 5) is 10.7. The van der Waals surface area contributed by atoms with Crippen LogP contribution in [0.2, 0.25) is 0 Å². The zero-order chi connectivity index (χ0) is 21.7. The van der Waals surface area contributed by atoms with Crippen LogP contribution in [0.25, 0.3) is 0 Å². The van der Waals surface area contributed by atoms with Crippen molar-refractivity contribution in [2.24, 2.45) is 0 Å². The van der Waals surface area contributed by atoms with Gasteiger partial charge >= 0.3 is 12.1 Å². The number of hydrogen-bond acceptors (Lipinski definition) is 4. The molecule has 1 unspecified atom stereocenters. The molecule has 0 aliphatic heterocycles. The highest BCUT2D eigenvalue weighted by Gasteiger charge is 2.31. The predicted molar refractivity (Wildman–Crippen MR) is 98.9 cm³/mol. The van der Waals surface area contributed by atoms with Crippen LogP contribution in [-0.4, -0.2) is 37.8 Å². The van der Waals surface area contributed by atoms with Gasteiger partial charge in [0.05, 0.1) is 16.4 Å². The lowest BCUT2D eigenvalue weighted by molar-refractivity contribution is -0.139. The third-order valence-electron chi connectivity index (χ3n) is 4.28. The highest BCUT2D eigenvalue weighted by molar-refractivity contribution is 7.89. The first-order chi connectivity index (χ1) is 13.5. The monoisotopic (exact) mass is 431 g/mol. The Kier molecular flexibility index (Phi) is 7.39. The summed E-state index contributed by atoms with van der Waals surface area (Å²) >= 11 is 0. The Morgan fingerprint density at radius 1 is 1.10 bits per heavy atom. The fourth-order valence-corrected chi connectivity index (χ4v) is 3.81. The number of rotatable bonds is 9. The van der Waals surface area contributed by atoms with E-state index in [1.165, 1.54) is 0 Å². The first kappa shape index (κ1) is 22.9. The van der Waals surface area contributed by atoms with Gasteiger partial charge in [-0.15, -0.1) is 0 Å². The van der Waals surface area contributed by atoms with Crippen LogP contribution in [0.4, 0.5) is 13.2 Å². The number of aliphatic hydroxyl groups is 1. The molecule has 0 amide bonds. The third kappa shape index (κ3) is 6.28. The molecule has 0 heterocycles.